The van der Waals surface area contributed by atoms with E-state index in [1.54, 1.807) is 14.0 Å². The Hall–Kier alpha value is -1.39. The van der Waals surface area contributed by atoms with Gasteiger partial charge in [0.2, 0.25) is 0 Å². The Morgan fingerprint density at radius 1 is 1.57 bits per heavy atom. The average molecular weight is 192 g/mol. The van der Waals surface area contributed by atoms with Gasteiger partial charge >= 0.3 is 5.97 Å². The lowest BCUT2D eigenvalue weighted by Crippen LogP contribution is -2.23. The Labute approximate surface area is 84.1 Å². The minimum atomic E-state index is -0.433. The normalized spacial score (nSPS) is 10.3. The highest BCUT2D eigenvalue weighted by Crippen LogP contribution is 2.09. The lowest BCUT2D eigenvalue weighted by Gasteiger charge is -2.07. The third-order valence-electron chi connectivity index (χ3n) is 1.94. The number of carbonyl (C=O) groups is 1. The molecule has 0 radical (unpaired) electrons. The van der Waals surface area contributed by atoms with E-state index in [2.05, 4.69) is 14.7 Å². The van der Waals surface area contributed by atoms with Crippen LogP contribution in [0.5, 0.6) is 0 Å². The second-order valence-corrected chi connectivity index (χ2v) is 3.38. The third-order valence-corrected chi connectivity index (χ3v) is 1.94. The molecule has 14 heavy (non-hydrogen) atoms. The van der Waals surface area contributed by atoms with Gasteiger partial charge in [0.05, 0.1) is 12.8 Å². The molecule has 1 aromatic rings. The van der Waals surface area contributed by atoms with E-state index in [0.717, 1.165) is 5.69 Å². The van der Waals surface area contributed by atoms with Crippen molar-refractivity contribution >= 4 is 19.4 Å². The van der Waals surface area contributed by atoms with Gasteiger partial charge in [0.15, 0.2) is 13.5 Å². The van der Waals surface area contributed by atoms with Crippen LogP contribution in [0, 0.1) is 0 Å². The molecule has 0 N–H and O–H groups in total. The van der Waals surface area contributed by atoms with Crippen LogP contribution < -0.4 is 5.59 Å². The maximum Gasteiger partial charge on any atom is 0.357 e. The van der Waals surface area contributed by atoms with Gasteiger partial charge in [-0.2, -0.15) is 0 Å². The van der Waals surface area contributed by atoms with E-state index in [9.17, 15) is 4.79 Å². The number of esters is 1. The van der Waals surface area contributed by atoms with Crippen LogP contribution in [0.3, 0.4) is 0 Å². The number of nitrogens with zero attached hydrogens (tertiary/aromatic N) is 2. The molecule has 0 aromatic carbocycles. The van der Waals surface area contributed by atoms with Crippen molar-refractivity contribution in [3.8, 4) is 0 Å². The molecule has 1 aromatic heterocycles. The number of rotatable bonds is 2. The first kappa shape index (κ1) is 10.7. The van der Waals surface area contributed by atoms with Crippen molar-refractivity contribution in [2.24, 2.45) is 0 Å². The van der Waals surface area contributed by atoms with Gasteiger partial charge in [-0.3, -0.25) is 4.98 Å². The quantitative estimate of drug-likeness (QED) is 0.474. The van der Waals surface area contributed by atoms with Gasteiger partial charge in [-0.05, 0) is 5.92 Å². The van der Waals surface area contributed by atoms with Crippen molar-refractivity contribution in [3.05, 3.63) is 17.6 Å². The molecule has 0 amide bonds. The topological polar surface area (TPSA) is 52.1 Å². The number of hydrogen-bond donors (Lipinski definition) is 0. The molecule has 0 aliphatic heterocycles. The zero-order valence-electron chi connectivity index (χ0n) is 8.87. The number of aromatic nitrogens is 2. The summed E-state index contributed by atoms with van der Waals surface area (Å²) in [5.41, 5.74) is 1.70. The van der Waals surface area contributed by atoms with Gasteiger partial charge in [-0.1, -0.05) is 13.8 Å². The minimum Gasteiger partial charge on any atom is -0.464 e. The van der Waals surface area contributed by atoms with Crippen molar-refractivity contribution < 1.29 is 9.53 Å². The van der Waals surface area contributed by atoms with Gasteiger partial charge in [0.1, 0.15) is 0 Å². The van der Waals surface area contributed by atoms with E-state index in [4.69, 9.17) is 0 Å². The summed E-state index contributed by atoms with van der Waals surface area (Å²) in [6, 6.07) is 0. The minimum absolute atomic E-state index is 0.256. The molecule has 1 heterocycles. The molecule has 0 bridgehead atoms. The summed E-state index contributed by atoms with van der Waals surface area (Å²) < 4.78 is 4.61. The van der Waals surface area contributed by atoms with Crippen LogP contribution in [-0.2, 0) is 4.74 Å². The van der Waals surface area contributed by atoms with Crippen LogP contribution in [0.4, 0.5) is 0 Å². The molecule has 0 atom stereocenters. The fourth-order valence-electron chi connectivity index (χ4n) is 1.03. The van der Waals surface area contributed by atoms with Gasteiger partial charge in [0, 0.05) is 11.8 Å². The Balaban J connectivity index is 3.15. The highest BCUT2D eigenvalue weighted by Gasteiger charge is 2.13. The van der Waals surface area contributed by atoms with Gasteiger partial charge in [0.25, 0.3) is 0 Å². The molecule has 0 aliphatic carbocycles. The lowest BCUT2D eigenvalue weighted by atomic mass is 10.0. The summed E-state index contributed by atoms with van der Waals surface area (Å²) in [5, 5.41) is 0. The van der Waals surface area contributed by atoms with Crippen molar-refractivity contribution in [2.45, 2.75) is 19.8 Å². The summed E-state index contributed by atoms with van der Waals surface area (Å²) in [5.74, 6) is -0.177. The molecular formula is C9H13BN2O2. The Bertz CT molecular complexity index is 353. The van der Waals surface area contributed by atoms with Gasteiger partial charge in [-0.15, -0.1) is 0 Å². The molecule has 4 nitrogen and oxygen atoms in total. The Morgan fingerprint density at radius 2 is 2.21 bits per heavy atom. The zero-order chi connectivity index (χ0) is 10.7. The standard InChI is InChI=1S/C9H13BN2O2/c1-5(2)6-4-11-8(10)7(12-6)9(13)14-3/h4-5H,10H2,1-3H3. The average Bonchev–Trinajstić information content (AvgIpc) is 2.17. The van der Waals surface area contributed by atoms with Crippen molar-refractivity contribution in [2.75, 3.05) is 7.11 Å². The first-order valence-corrected chi connectivity index (χ1v) is 4.48. The van der Waals surface area contributed by atoms with Crippen LogP contribution in [0.1, 0.15) is 35.9 Å². The predicted octanol–water partition coefficient (Wildman–Crippen LogP) is -0.355. The fourth-order valence-corrected chi connectivity index (χ4v) is 1.03. The maximum atomic E-state index is 11.3. The van der Waals surface area contributed by atoms with E-state index in [0.29, 0.717) is 11.3 Å². The summed E-state index contributed by atoms with van der Waals surface area (Å²) >= 11 is 0. The number of methoxy groups -OCH3 is 1. The second kappa shape index (κ2) is 4.22. The largest absolute Gasteiger partial charge is 0.464 e. The first-order chi connectivity index (χ1) is 6.56. The summed E-state index contributed by atoms with van der Waals surface area (Å²) in [6.45, 7) is 4.00. The monoisotopic (exact) mass is 192 g/mol. The molecular weight excluding hydrogens is 179 g/mol. The molecule has 0 saturated heterocycles. The van der Waals surface area contributed by atoms with E-state index < -0.39 is 5.97 Å². The number of ether oxygens (including phenoxy) is 1. The predicted molar refractivity (Wildman–Crippen MR) is 55.6 cm³/mol. The summed E-state index contributed by atoms with van der Waals surface area (Å²) in [4.78, 5) is 19.6. The maximum absolute atomic E-state index is 11.3. The van der Waals surface area contributed by atoms with Crippen LogP contribution in [0.15, 0.2) is 6.20 Å². The van der Waals surface area contributed by atoms with Gasteiger partial charge in [-0.25, -0.2) is 9.78 Å². The molecule has 5 heteroatoms. The third kappa shape index (κ3) is 2.10. The number of carbonyl (C=O) groups excluding carboxylic acids is 1. The highest BCUT2D eigenvalue weighted by molar-refractivity contribution is 6.34. The Morgan fingerprint density at radius 3 is 2.71 bits per heavy atom. The van der Waals surface area contributed by atoms with Crippen LogP contribution >= 0.6 is 0 Å². The van der Waals surface area contributed by atoms with Gasteiger partial charge < -0.3 is 4.74 Å². The van der Waals surface area contributed by atoms with Crippen LogP contribution in [0.25, 0.3) is 0 Å². The zero-order valence-corrected chi connectivity index (χ0v) is 8.87. The van der Waals surface area contributed by atoms with Crippen molar-refractivity contribution in [1.29, 1.82) is 0 Å². The SMILES string of the molecule is Bc1ncc(C(C)C)nc1C(=O)OC. The molecule has 0 fully saturated rings. The highest BCUT2D eigenvalue weighted by atomic mass is 16.5. The fraction of sp³-hybridized carbons (Fsp3) is 0.444. The summed E-state index contributed by atoms with van der Waals surface area (Å²) in [7, 11) is 3.08. The van der Waals surface area contributed by atoms with Crippen LogP contribution in [-0.4, -0.2) is 30.9 Å². The molecule has 0 aliphatic rings. The van der Waals surface area contributed by atoms with E-state index in [-0.39, 0.29) is 5.92 Å². The van der Waals surface area contributed by atoms with Crippen molar-refractivity contribution in [3.63, 3.8) is 0 Å². The van der Waals surface area contributed by atoms with Crippen LogP contribution in [0.2, 0.25) is 0 Å². The van der Waals surface area contributed by atoms with Crippen molar-refractivity contribution in [1.82, 2.24) is 9.97 Å². The molecule has 0 spiro atoms. The number of hydrogen-bond acceptors (Lipinski definition) is 4. The van der Waals surface area contributed by atoms with E-state index in [1.807, 2.05) is 13.8 Å². The Kier molecular flexibility index (Phi) is 3.22. The lowest BCUT2D eigenvalue weighted by molar-refractivity contribution is 0.0595. The first-order valence-electron chi connectivity index (χ1n) is 4.48. The molecule has 0 saturated carbocycles. The van der Waals surface area contributed by atoms with E-state index >= 15 is 0 Å². The smallest absolute Gasteiger partial charge is 0.357 e. The molecule has 0 unspecified atom stereocenters. The summed E-state index contributed by atoms with van der Waals surface area (Å²) in [6.07, 6.45) is 1.69. The molecule has 1 rings (SSSR count). The molecule has 74 valence electrons. The second-order valence-electron chi connectivity index (χ2n) is 3.38. The van der Waals surface area contributed by atoms with E-state index in [1.165, 1.54) is 7.11 Å².